The summed E-state index contributed by atoms with van der Waals surface area (Å²) in [4.78, 5) is 26.0. The molecule has 0 saturated heterocycles. The van der Waals surface area contributed by atoms with Crippen LogP contribution < -0.4 is 0 Å². The highest BCUT2D eigenvalue weighted by molar-refractivity contribution is 5.85. The van der Waals surface area contributed by atoms with E-state index < -0.39 is 12.0 Å². The second-order valence-corrected chi connectivity index (χ2v) is 6.72. The van der Waals surface area contributed by atoms with Crippen molar-refractivity contribution in [3.63, 3.8) is 0 Å². The summed E-state index contributed by atoms with van der Waals surface area (Å²) in [5.74, 6) is -0.448. The third kappa shape index (κ3) is 12.5. The van der Waals surface area contributed by atoms with Gasteiger partial charge in [0.2, 0.25) is 5.91 Å². The van der Waals surface area contributed by atoms with Crippen LogP contribution in [0, 0.1) is 0 Å². The van der Waals surface area contributed by atoms with Crippen molar-refractivity contribution in [2.75, 3.05) is 20.3 Å². The smallest absolute Gasteiger partial charge is 0.328 e. The third-order valence-electron chi connectivity index (χ3n) is 4.53. The Hall–Kier alpha value is -0.810. The summed E-state index contributed by atoms with van der Waals surface area (Å²) in [7, 11) is 1.32. The van der Waals surface area contributed by atoms with E-state index in [4.69, 9.17) is 4.74 Å². The van der Waals surface area contributed by atoms with Crippen LogP contribution in [0.5, 0.6) is 0 Å². The normalized spacial score (nSPS) is 11.5. The number of rotatable bonds is 16. The summed E-state index contributed by atoms with van der Waals surface area (Å²) >= 11 is 0. The Morgan fingerprint density at radius 2 is 1.46 bits per heavy atom. The second-order valence-electron chi connectivity index (χ2n) is 6.72. The highest BCUT2D eigenvalue weighted by Gasteiger charge is 2.29. The van der Waals surface area contributed by atoms with Gasteiger partial charge in [-0.3, -0.25) is 4.79 Å². The van der Waals surface area contributed by atoms with Crippen LogP contribution in [0.2, 0.25) is 0 Å². The van der Waals surface area contributed by atoms with Crippen LogP contribution in [-0.4, -0.2) is 48.2 Å². The first-order chi connectivity index (χ1) is 12.1. The van der Waals surface area contributed by atoms with Crippen molar-refractivity contribution in [1.29, 1.82) is 0 Å². The van der Waals surface area contributed by atoms with Crippen molar-refractivity contribution in [3.05, 3.63) is 0 Å². The molecule has 0 aromatic heterocycles. The van der Waals surface area contributed by atoms with Gasteiger partial charge in [0.15, 0.2) is 0 Å². The quantitative estimate of drug-likeness (QED) is 0.310. The lowest BCUT2D eigenvalue weighted by atomic mass is 10.1. The number of aliphatic hydroxyl groups is 1. The van der Waals surface area contributed by atoms with Gasteiger partial charge in [-0.25, -0.2) is 4.79 Å². The zero-order valence-electron chi connectivity index (χ0n) is 17.0. The van der Waals surface area contributed by atoms with E-state index in [1.54, 1.807) is 4.90 Å². The molecule has 0 aromatic rings. The predicted octanol–water partition coefficient (Wildman–Crippen LogP) is 4.49. The molecule has 0 rings (SSSR count). The van der Waals surface area contributed by atoms with E-state index in [9.17, 15) is 14.7 Å². The van der Waals surface area contributed by atoms with Gasteiger partial charge in [-0.05, 0) is 12.8 Å². The number of hydrogen-bond acceptors (Lipinski definition) is 4. The lowest BCUT2D eigenvalue weighted by Gasteiger charge is -2.29. The van der Waals surface area contributed by atoms with Crippen molar-refractivity contribution < 1.29 is 19.4 Å². The molecule has 156 valence electrons. The molecule has 5 nitrogen and oxygen atoms in total. The molecule has 0 saturated carbocycles. The number of amides is 1. The Bertz CT molecular complexity index is 353. The van der Waals surface area contributed by atoms with Gasteiger partial charge in [0.1, 0.15) is 6.04 Å². The minimum Gasteiger partial charge on any atom is -0.467 e. The molecule has 1 atom stereocenters. The molecular weight excluding hydrogens is 354 g/mol. The van der Waals surface area contributed by atoms with Gasteiger partial charge in [0, 0.05) is 26.0 Å². The van der Waals surface area contributed by atoms with E-state index in [1.807, 2.05) is 6.92 Å². The van der Waals surface area contributed by atoms with E-state index in [0.29, 0.717) is 13.0 Å². The number of methoxy groups -OCH3 is 1. The van der Waals surface area contributed by atoms with E-state index in [2.05, 4.69) is 6.92 Å². The van der Waals surface area contributed by atoms with Gasteiger partial charge in [0.05, 0.1) is 7.11 Å². The number of esters is 1. The number of hydrogen-bond donors (Lipinski definition) is 1. The third-order valence-corrected chi connectivity index (χ3v) is 4.53. The Kier molecular flexibility index (Phi) is 20.0. The topological polar surface area (TPSA) is 66.8 Å². The zero-order valence-corrected chi connectivity index (χ0v) is 17.8. The van der Waals surface area contributed by atoms with Gasteiger partial charge in [-0.1, -0.05) is 65.2 Å². The van der Waals surface area contributed by atoms with Crippen LogP contribution in [0.25, 0.3) is 0 Å². The van der Waals surface area contributed by atoms with Crippen LogP contribution in [0.4, 0.5) is 0 Å². The standard InChI is InChI=1S/C20H39NO4.ClH/c1-4-6-7-8-9-10-11-12-13-14-19(23)21(16-5-2)18(15-17-22)20(24)25-3;/h18,22H,4-17H2,1-3H3;1H. The fourth-order valence-corrected chi connectivity index (χ4v) is 3.08. The molecular formula is C20H40ClNO4. The van der Waals surface area contributed by atoms with E-state index in [-0.39, 0.29) is 31.3 Å². The fourth-order valence-electron chi connectivity index (χ4n) is 3.08. The van der Waals surface area contributed by atoms with Crippen molar-refractivity contribution in [1.82, 2.24) is 4.90 Å². The molecule has 0 fully saturated rings. The van der Waals surface area contributed by atoms with E-state index >= 15 is 0 Å². The summed E-state index contributed by atoms with van der Waals surface area (Å²) in [6, 6.07) is -0.666. The van der Waals surface area contributed by atoms with Crippen LogP contribution in [0.3, 0.4) is 0 Å². The molecule has 0 heterocycles. The zero-order chi connectivity index (χ0) is 18.9. The predicted molar refractivity (Wildman–Crippen MR) is 109 cm³/mol. The van der Waals surface area contributed by atoms with Gasteiger partial charge < -0.3 is 14.7 Å². The summed E-state index contributed by atoms with van der Waals surface area (Å²) < 4.78 is 4.80. The van der Waals surface area contributed by atoms with Gasteiger partial charge in [-0.15, -0.1) is 12.4 Å². The number of aliphatic hydroxyl groups excluding tert-OH is 1. The number of carbonyl (C=O) groups excluding carboxylic acids is 2. The second kappa shape index (κ2) is 19.0. The Balaban J connectivity index is 0. The number of carbonyl (C=O) groups is 2. The molecule has 26 heavy (non-hydrogen) atoms. The van der Waals surface area contributed by atoms with Crippen LogP contribution >= 0.6 is 12.4 Å². The number of nitrogens with zero attached hydrogens (tertiary/aromatic N) is 1. The maximum atomic E-state index is 12.5. The Labute approximate surface area is 166 Å². The van der Waals surface area contributed by atoms with Crippen LogP contribution in [-0.2, 0) is 14.3 Å². The molecule has 0 radical (unpaired) electrons. The number of ether oxygens (including phenoxy) is 1. The highest BCUT2D eigenvalue weighted by atomic mass is 35.5. The Morgan fingerprint density at radius 3 is 1.92 bits per heavy atom. The monoisotopic (exact) mass is 393 g/mol. The first kappa shape index (κ1) is 27.4. The van der Waals surface area contributed by atoms with Gasteiger partial charge in [0.25, 0.3) is 0 Å². The molecule has 0 aliphatic heterocycles. The molecule has 1 amide bonds. The molecule has 1 N–H and O–H groups in total. The molecule has 0 aliphatic carbocycles. The molecule has 1 unspecified atom stereocenters. The van der Waals surface area contributed by atoms with Crippen molar-refractivity contribution >= 4 is 24.3 Å². The summed E-state index contributed by atoms with van der Waals surface area (Å²) in [5.41, 5.74) is 0. The molecule has 0 spiro atoms. The minimum atomic E-state index is -0.666. The number of unbranched alkanes of at least 4 members (excludes halogenated alkanes) is 8. The van der Waals surface area contributed by atoms with Crippen molar-refractivity contribution in [2.45, 2.75) is 96.9 Å². The maximum absolute atomic E-state index is 12.5. The van der Waals surface area contributed by atoms with Crippen LogP contribution in [0.1, 0.15) is 90.9 Å². The lowest BCUT2D eigenvalue weighted by Crippen LogP contribution is -2.46. The number of halogens is 1. The fraction of sp³-hybridized carbons (Fsp3) is 0.900. The molecule has 0 aromatic carbocycles. The summed E-state index contributed by atoms with van der Waals surface area (Å²) in [6.45, 7) is 4.59. The molecule has 0 bridgehead atoms. The van der Waals surface area contributed by atoms with Gasteiger partial charge in [-0.2, -0.15) is 0 Å². The maximum Gasteiger partial charge on any atom is 0.328 e. The van der Waals surface area contributed by atoms with E-state index in [0.717, 1.165) is 19.3 Å². The van der Waals surface area contributed by atoms with Crippen LogP contribution in [0.15, 0.2) is 0 Å². The highest BCUT2D eigenvalue weighted by Crippen LogP contribution is 2.14. The first-order valence-corrected chi connectivity index (χ1v) is 10.1. The van der Waals surface area contributed by atoms with Gasteiger partial charge >= 0.3 is 5.97 Å². The SMILES string of the molecule is CCCCCCCCCCCC(=O)N(CCC)C(CCO)C(=O)OC.Cl. The molecule has 0 aliphatic rings. The molecule has 6 heteroatoms. The Morgan fingerprint density at radius 1 is 0.923 bits per heavy atom. The average molecular weight is 394 g/mol. The van der Waals surface area contributed by atoms with Crippen molar-refractivity contribution in [2.24, 2.45) is 0 Å². The van der Waals surface area contributed by atoms with Crippen molar-refractivity contribution in [3.8, 4) is 0 Å². The average Bonchev–Trinajstić information content (AvgIpc) is 2.62. The minimum absolute atomic E-state index is 0. The summed E-state index contributed by atoms with van der Waals surface area (Å²) in [6.07, 6.45) is 12.4. The first-order valence-electron chi connectivity index (χ1n) is 10.1. The lowest BCUT2D eigenvalue weighted by molar-refractivity contribution is -0.153. The summed E-state index contributed by atoms with van der Waals surface area (Å²) in [5, 5.41) is 9.18. The largest absolute Gasteiger partial charge is 0.467 e. The van der Waals surface area contributed by atoms with E-state index in [1.165, 1.54) is 52.1 Å².